The molecule has 1 unspecified atom stereocenters. The molecule has 0 saturated carbocycles. The molecule has 150 valence electrons. The predicted octanol–water partition coefficient (Wildman–Crippen LogP) is 4.42. The van der Waals surface area contributed by atoms with Gasteiger partial charge in [-0.15, -0.1) is 0 Å². The van der Waals surface area contributed by atoms with Crippen molar-refractivity contribution < 1.29 is 14.3 Å². The number of amides is 1. The Morgan fingerprint density at radius 2 is 2.00 bits per heavy atom. The number of allylic oxidation sites excluding steroid dienone is 1. The molecule has 2 aromatic rings. The summed E-state index contributed by atoms with van der Waals surface area (Å²) >= 11 is 13.7. The lowest BCUT2D eigenvalue weighted by Gasteiger charge is -2.38. The van der Waals surface area contributed by atoms with Gasteiger partial charge in [0.25, 0.3) is 5.91 Å². The minimum Gasteiger partial charge on any atom is -0.466 e. The zero-order valence-corrected chi connectivity index (χ0v) is 17.8. The topological polar surface area (TPSA) is 96.4 Å². The van der Waals surface area contributed by atoms with Crippen LogP contribution in [0, 0.1) is 11.3 Å². The summed E-state index contributed by atoms with van der Waals surface area (Å²) in [4.78, 5) is 27.8. The number of halogens is 2. The lowest BCUT2D eigenvalue weighted by Crippen LogP contribution is -2.42. The van der Waals surface area contributed by atoms with Crippen LogP contribution in [0.5, 0.6) is 0 Å². The number of carbonyl (C=O) groups is 2. The Kier molecular flexibility index (Phi) is 5.24. The molecule has 2 N–H and O–H groups in total. The van der Waals surface area contributed by atoms with Gasteiger partial charge in [0.1, 0.15) is 10.9 Å². The monoisotopic (exact) mass is 457 g/mol. The number of methoxy groups -OCH3 is 1. The second-order valence-electron chi connectivity index (χ2n) is 6.46. The summed E-state index contributed by atoms with van der Waals surface area (Å²) < 4.78 is 4.93. The van der Waals surface area contributed by atoms with Gasteiger partial charge in [-0.05, 0) is 29.8 Å². The van der Waals surface area contributed by atoms with Crippen LogP contribution in [-0.2, 0) is 9.53 Å². The van der Waals surface area contributed by atoms with Crippen LogP contribution >= 0.6 is 35.0 Å². The Hall–Kier alpha value is -2.92. The van der Waals surface area contributed by atoms with Crippen molar-refractivity contribution in [3.63, 3.8) is 0 Å². The number of nitriles is 1. The van der Waals surface area contributed by atoms with Gasteiger partial charge in [-0.1, -0.05) is 53.2 Å². The first-order chi connectivity index (χ1) is 14.4. The van der Waals surface area contributed by atoms with E-state index in [1.807, 2.05) is 0 Å². The Labute approximate surface area is 186 Å². The van der Waals surface area contributed by atoms with Crippen LogP contribution in [0.2, 0.25) is 10.0 Å². The summed E-state index contributed by atoms with van der Waals surface area (Å²) in [6.45, 7) is 0. The summed E-state index contributed by atoms with van der Waals surface area (Å²) in [7, 11) is 1.20. The number of hydrogen-bond donors (Lipinski definition) is 1. The minimum atomic E-state index is -0.913. The predicted molar refractivity (Wildman–Crippen MR) is 114 cm³/mol. The first-order valence-corrected chi connectivity index (χ1v) is 10.2. The van der Waals surface area contributed by atoms with E-state index in [0.29, 0.717) is 26.1 Å². The lowest BCUT2D eigenvalue weighted by molar-refractivity contribution is -0.136. The first-order valence-electron chi connectivity index (χ1n) is 8.67. The third-order valence-corrected chi connectivity index (χ3v) is 6.59. The van der Waals surface area contributed by atoms with Crippen LogP contribution in [0.1, 0.15) is 21.8 Å². The van der Waals surface area contributed by atoms with E-state index in [9.17, 15) is 14.9 Å². The molecule has 4 rings (SSSR count). The van der Waals surface area contributed by atoms with Gasteiger partial charge in [0.05, 0.1) is 35.8 Å². The van der Waals surface area contributed by atoms with Gasteiger partial charge in [0.15, 0.2) is 0 Å². The maximum atomic E-state index is 13.2. The Morgan fingerprint density at radius 1 is 1.27 bits per heavy atom. The number of benzene rings is 2. The third-order valence-electron chi connectivity index (χ3n) is 4.85. The number of rotatable bonds is 2. The fourth-order valence-corrected chi connectivity index (χ4v) is 5.20. The highest BCUT2D eigenvalue weighted by Crippen LogP contribution is 2.50. The largest absolute Gasteiger partial charge is 0.466 e. The van der Waals surface area contributed by atoms with E-state index in [1.165, 1.54) is 29.8 Å². The van der Waals surface area contributed by atoms with Gasteiger partial charge in [-0.25, -0.2) is 4.79 Å². The maximum Gasteiger partial charge on any atom is 0.338 e. The van der Waals surface area contributed by atoms with Gasteiger partial charge in [0.2, 0.25) is 0 Å². The molecule has 9 heteroatoms. The molecular formula is C21H13Cl2N3O3S. The quantitative estimate of drug-likeness (QED) is 0.670. The molecule has 0 radical (unpaired) electrons. The van der Waals surface area contributed by atoms with Gasteiger partial charge < -0.3 is 10.5 Å². The standard InChI is InChI=1S/C21H13Cl2N3O3S/c1-29-21(28)17-16(11-7-6-10(22)8-14(11)23)13(9-24)20-26(18(17)25)19(27)12-4-2-3-5-15(12)30-20/h2-8,16H,25H2,1H3. The highest BCUT2D eigenvalue weighted by Gasteiger charge is 2.44. The number of fused-ring (bicyclic) bond motifs is 2. The number of ether oxygens (including phenoxy) is 1. The highest BCUT2D eigenvalue weighted by atomic mass is 35.5. The van der Waals surface area contributed by atoms with Crippen LogP contribution in [-0.4, -0.2) is 23.9 Å². The van der Waals surface area contributed by atoms with Crippen molar-refractivity contribution in [3.05, 3.63) is 85.6 Å². The number of nitrogens with zero attached hydrogens (tertiary/aromatic N) is 2. The summed E-state index contributed by atoms with van der Waals surface area (Å²) in [6, 6.07) is 13.9. The average molecular weight is 458 g/mol. The van der Waals surface area contributed by atoms with Crippen LogP contribution in [0.4, 0.5) is 0 Å². The second-order valence-corrected chi connectivity index (χ2v) is 8.33. The molecule has 0 aliphatic carbocycles. The van der Waals surface area contributed by atoms with Crippen molar-refractivity contribution in [2.45, 2.75) is 10.8 Å². The molecule has 0 bridgehead atoms. The molecule has 0 spiro atoms. The van der Waals surface area contributed by atoms with Crippen molar-refractivity contribution in [1.29, 1.82) is 5.26 Å². The van der Waals surface area contributed by atoms with Gasteiger partial charge in [-0.3, -0.25) is 9.69 Å². The van der Waals surface area contributed by atoms with E-state index in [1.54, 1.807) is 36.4 Å². The number of esters is 1. The molecule has 6 nitrogen and oxygen atoms in total. The molecule has 2 aliphatic rings. The van der Waals surface area contributed by atoms with Crippen molar-refractivity contribution >= 4 is 46.8 Å². The normalized spacial score (nSPS) is 18.0. The molecule has 2 aliphatic heterocycles. The second kappa shape index (κ2) is 7.73. The van der Waals surface area contributed by atoms with Gasteiger partial charge in [0, 0.05) is 14.9 Å². The lowest BCUT2D eigenvalue weighted by atomic mass is 9.82. The smallest absolute Gasteiger partial charge is 0.338 e. The number of hydrogen-bond acceptors (Lipinski definition) is 6. The fraction of sp³-hybridized carbons (Fsp3) is 0.0952. The van der Waals surface area contributed by atoms with Crippen molar-refractivity contribution in [2.24, 2.45) is 5.73 Å². The fourth-order valence-electron chi connectivity index (χ4n) is 3.52. The summed E-state index contributed by atoms with van der Waals surface area (Å²) in [6.07, 6.45) is 0. The zero-order chi connectivity index (χ0) is 21.6. The molecule has 30 heavy (non-hydrogen) atoms. The SMILES string of the molecule is COC(=O)C1=C(N)N2C(=O)c3ccccc3SC2=C(C#N)C1c1ccc(Cl)cc1Cl. The van der Waals surface area contributed by atoms with Gasteiger partial charge in [-0.2, -0.15) is 5.26 Å². The Bertz CT molecular complexity index is 1220. The van der Waals surface area contributed by atoms with E-state index < -0.39 is 17.8 Å². The summed E-state index contributed by atoms with van der Waals surface area (Å²) in [5, 5.41) is 11.1. The Balaban J connectivity index is 2.03. The molecule has 0 saturated heterocycles. The van der Waals surface area contributed by atoms with Crippen molar-refractivity contribution in [1.82, 2.24) is 4.90 Å². The molecular weight excluding hydrogens is 445 g/mol. The number of thioether (sulfide) groups is 1. The van der Waals surface area contributed by atoms with Crippen LogP contribution in [0.25, 0.3) is 0 Å². The van der Waals surface area contributed by atoms with E-state index >= 15 is 0 Å². The van der Waals surface area contributed by atoms with Gasteiger partial charge >= 0.3 is 5.97 Å². The third kappa shape index (κ3) is 3.05. The van der Waals surface area contributed by atoms with E-state index in [2.05, 4.69) is 6.07 Å². The van der Waals surface area contributed by atoms with E-state index in [4.69, 9.17) is 33.7 Å². The van der Waals surface area contributed by atoms with Crippen LogP contribution in [0.3, 0.4) is 0 Å². The number of nitrogens with two attached hydrogens (primary N) is 1. The van der Waals surface area contributed by atoms with E-state index in [-0.39, 0.29) is 22.0 Å². The minimum absolute atomic E-state index is 0.0321. The Morgan fingerprint density at radius 3 is 2.67 bits per heavy atom. The van der Waals surface area contributed by atoms with Crippen LogP contribution < -0.4 is 5.73 Å². The maximum absolute atomic E-state index is 13.2. The summed E-state index contributed by atoms with van der Waals surface area (Å²) in [5.74, 6) is -2.19. The molecule has 1 amide bonds. The van der Waals surface area contributed by atoms with Crippen molar-refractivity contribution in [2.75, 3.05) is 7.11 Å². The molecule has 0 aromatic heterocycles. The molecule has 1 atom stereocenters. The van der Waals surface area contributed by atoms with Crippen molar-refractivity contribution in [3.8, 4) is 6.07 Å². The number of carbonyl (C=O) groups excluding carboxylic acids is 2. The zero-order valence-electron chi connectivity index (χ0n) is 15.5. The van der Waals surface area contributed by atoms with Crippen LogP contribution in [0.15, 0.2) is 69.4 Å². The molecule has 0 fully saturated rings. The summed E-state index contributed by atoms with van der Waals surface area (Å²) in [5.41, 5.74) is 7.36. The first kappa shape index (κ1) is 20.4. The average Bonchev–Trinajstić information content (AvgIpc) is 2.73. The molecule has 2 heterocycles. The van der Waals surface area contributed by atoms with E-state index in [0.717, 1.165) is 0 Å². The molecule has 2 aromatic carbocycles. The highest BCUT2D eigenvalue weighted by molar-refractivity contribution is 8.03.